The summed E-state index contributed by atoms with van der Waals surface area (Å²) in [5.74, 6) is -1.42. The highest BCUT2D eigenvalue weighted by atomic mass is 19.1. The van der Waals surface area contributed by atoms with Crippen LogP contribution in [0.3, 0.4) is 0 Å². The van der Waals surface area contributed by atoms with E-state index in [4.69, 9.17) is 9.47 Å². The molecule has 5 rings (SSSR count). The van der Waals surface area contributed by atoms with E-state index in [1.807, 2.05) is 0 Å². The third kappa shape index (κ3) is 3.35. The third-order valence-electron chi connectivity index (χ3n) is 5.45. The van der Waals surface area contributed by atoms with Crippen molar-refractivity contribution >= 4 is 17.4 Å². The zero-order chi connectivity index (χ0) is 22.2. The van der Waals surface area contributed by atoms with Gasteiger partial charge in [-0.25, -0.2) is 4.39 Å². The standard InChI is InChI=1S/C24H17FN2O5/c25-17-6-3-15(4-7-17)21-20(22(28)16-5-8-18-19(10-16)32-13-31-18)23(29)24(30)27(21)12-14-2-1-9-26-11-14/h1-11,21,28H,12-13H2. The number of rotatable bonds is 4. The number of Topliss-reactive ketones (excluding diaryl/α,β-unsaturated/α-hetero) is 1. The fourth-order valence-electron chi connectivity index (χ4n) is 3.92. The van der Waals surface area contributed by atoms with Crippen LogP contribution in [0.2, 0.25) is 0 Å². The molecule has 3 heterocycles. The zero-order valence-electron chi connectivity index (χ0n) is 16.7. The number of likely N-dealkylation sites (tertiary alicyclic amines) is 1. The number of ketones is 1. The van der Waals surface area contributed by atoms with Crippen LogP contribution in [0.25, 0.3) is 5.76 Å². The van der Waals surface area contributed by atoms with E-state index in [0.717, 1.165) is 0 Å². The van der Waals surface area contributed by atoms with E-state index in [-0.39, 0.29) is 24.7 Å². The molecule has 0 aliphatic carbocycles. The van der Waals surface area contributed by atoms with E-state index in [1.54, 1.807) is 42.7 Å². The minimum absolute atomic E-state index is 0.0601. The van der Waals surface area contributed by atoms with Crippen molar-refractivity contribution in [1.82, 2.24) is 9.88 Å². The van der Waals surface area contributed by atoms with E-state index >= 15 is 0 Å². The maximum Gasteiger partial charge on any atom is 0.295 e. The molecule has 1 unspecified atom stereocenters. The van der Waals surface area contributed by atoms with E-state index < -0.39 is 23.5 Å². The molecule has 0 radical (unpaired) electrons. The average molecular weight is 432 g/mol. The van der Waals surface area contributed by atoms with Crippen molar-refractivity contribution in [2.75, 3.05) is 6.79 Å². The molecule has 7 nitrogen and oxygen atoms in total. The minimum Gasteiger partial charge on any atom is -0.507 e. The van der Waals surface area contributed by atoms with Gasteiger partial charge in [0.2, 0.25) is 6.79 Å². The van der Waals surface area contributed by atoms with Crippen molar-refractivity contribution < 1.29 is 28.6 Å². The quantitative estimate of drug-likeness (QED) is 0.385. The molecule has 2 aromatic carbocycles. The summed E-state index contributed by atoms with van der Waals surface area (Å²) < 4.78 is 24.2. The van der Waals surface area contributed by atoms with Gasteiger partial charge in [0, 0.05) is 24.5 Å². The summed E-state index contributed by atoms with van der Waals surface area (Å²) in [6, 6.07) is 12.9. The number of carbonyl (C=O) groups excluding carboxylic acids is 2. The average Bonchev–Trinajstić information content (AvgIpc) is 3.38. The van der Waals surface area contributed by atoms with E-state index in [0.29, 0.717) is 28.2 Å². The predicted molar refractivity (Wildman–Crippen MR) is 111 cm³/mol. The summed E-state index contributed by atoms with van der Waals surface area (Å²) in [7, 11) is 0. The Morgan fingerprint density at radius 3 is 2.62 bits per heavy atom. The first-order chi connectivity index (χ1) is 15.5. The molecule has 0 saturated carbocycles. The smallest absolute Gasteiger partial charge is 0.295 e. The SMILES string of the molecule is O=C1C(=O)N(Cc2cccnc2)C(c2ccc(F)cc2)C1=C(O)c1ccc2c(c1)OCO2. The number of nitrogens with zero attached hydrogens (tertiary/aromatic N) is 2. The number of halogens is 1. The summed E-state index contributed by atoms with van der Waals surface area (Å²) in [6.45, 7) is 0.156. The number of pyridine rings is 1. The maximum atomic E-state index is 13.6. The highest BCUT2D eigenvalue weighted by molar-refractivity contribution is 6.46. The number of hydrogen-bond acceptors (Lipinski definition) is 6. The fourth-order valence-corrected chi connectivity index (χ4v) is 3.92. The molecule has 2 aliphatic rings. The normalized spacial score (nSPS) is 18.9. The highest BCUT2D eigenvalue weighted by Crippen LogP contribution is 2.42. The van der Waals surface area contributed by atoms with Gasteiger partial charge in [-0.1, -0.05) is 18.2 Å². The summed E-state index contributed by atoms with van der Waals surface area (Å²) in [6.07, 6.45) is 3.20. The topological polar surface area (TPSA) is 89.0 Å². The number of ether oxygens (including phenoxy) is 2. The molecule has 1 saturated heterocycles. The van der Waals surface area contributed by atoms with Gasteiger partial charge in [0.1, 0.15) is 11.6 Å². The lowest BCUT2D eigenvalue weighted by molar-refractivity contribution is -0.140. The summed E-state index contributed by atoms with van der Waals surface area (Å²) in [5, 5.41) is 11.1. The van der Waals surface area contributed by atoms with Crippen LogP contribution in [0.1, 0.15) is 22.7 Å². The number of hydrogen-bond donors (Lipinski definition) is 1. The number of aliphatic hydroxyl groups is 1. The Labute approximate surface area is 182 Å². The van der Waals surface area contributed by atoms with Gasteiger partial charge in [0.15, 0.2) is 11.5 Å². The Bertz CT molecular complexity index is 1240. The number of aliphatic hydroxyl groups excluding tert-OH is 1. The second-order valence-corrected chi connectivity index (χ2v) is 7.41. The number of benzene rings is 2. The highest BCUT2D eigenvalue weighted by Gasteiger charge is 2.46. The van der Waals surface area contributed by atoms with Crippen molar-refractivity contribution in [2.45, 2.75) is 12.6 Å². The molecule has 1 fully saturated rings. The van der Waals surface area contributed by atoms with Gasteiger partial charge in [-0.3, -0.25) is 14.6 Å². The molecule has 0 bridgehead atoms. The lowest BCUT2D eigenvalue weighted by Crippen LogP contribution is -2.29. The van der Waals surface area contributed by atoms with Crippen molar-refractivity contribution in [3.8, 4) is 11.5 Å². The molecule has 1 atom stereocenters. The second kappa shape index (κ2) is 7.81. The zero-order valence-corrected chi connectivity index (χ0v) is 16.7. The molecule has 1 amide bonds. The second-order valence-electron chi connectivity index (χ2n) is 7.41. The molecule has 3 aromatic rings. The number of carbonyl (C=O) groups is 2. The van der Waals surface area contributed by atoms with E-state index in [9.17, 15) is 19.1 Å². The largest absolute Gasteiger partial charge is 0.507 e. The Morgan fingerprint density at radius 1 is 1.09 bits per heavy atom. The van der Waals surface area contributed by atoms with Gasteiger partial charge in [-0.2, -0.15) is 0 Å². The van der Waals surface area contributed by atoms with Crippen molar-refractivity contribution in [1.29, 1.82) is 0 Å². The summed E-state index contributed by atoms with van der Waals surface area (Å²) >= 11 is 0. The van der Waals surface area contributed by atoms with Crippen LogP contribution in [0, 0.1) is 5.82 Å². The molecule has 160 valence electrons. The van der Waals surface area contributed by atoms with Crippen molar-refractivity contribution in [3.05, 3.63) is 95.1 Å². The molecule has 32 heavy (non-hydrogen) atoms. The number of fused-ring (bicyclic) bond motifs is 1. The van der Waals surface area contributed by atoms with Gasteiger partial charge in [0.25, 0.3) is 11.7 Å². The Hall–Kier alpha value is -4.20. The van der Waals surface area contributed by atoms with Crippen LogP contribution >= 0.6 is 0 Å². The van der Waals surface area contributed by atoms with Crippen LogP contribution in [-0.2, 0) is 16.1 Å². The fraction of sp³-hybridized carbons (Fsp3) is 0.125. The van der Waals surface area contributed by atoms with E-state index in [1.165, 1.54) is 29.2 Å². The first-order valence-corrected chi connectivity index (χ1v) is 9.86. The van der Waals surface area contributed by atoms with E-state index in [2.05, 4.69) is 4.98 Å². The molecule has 1 N–H and O–H groups in total. The number of amides is 1. The molecule has 2 aliphatic heterocycles. The first kappa shape index (κ1) is 19.7. The van der Waals surface area contributed by atoms with Gasteiger partial charge >= 0.3 is 0 Å². The van der Waals surface area contributed by atoms with Crippen LogP contribution in [0.5, 0.6) is 11.5 Å². The van der Waals surface area contributed by atoms with Crippen LogP contribution < -0.4 is 9.47 Å². The lowest BCUT2D eigenvalue weighted by atomic mass is 9.95. The molecule has 0 spiro atoms. The molecule has 8 heteroatoms. The molecular formula is C24H17FN2O5. The first-order valence-electron chi connectivity index (χ1n) is 9.86. The Kier molecular flexibility index (Phi) is 4.82. The number of aromatic nitrogens is 1. The molecule has 1 aromatic heterocycles. The van der Waals surface area contributed by atoms with Crippen LogP contribution in [-0.4, -0.2) is 33.5 Å². The minimum atomic E-state index is -0.902. The predicted octanol–water partition coefficient (Wildman–Crippen LogP) is 3.57. The lowest BCUT2D eigenvalue weighted by Gasteiger charge is -2.25. The van der Waals surface area contributed by atoms with Gasteiger partial charge < -0.3 is 19.5 Å². The van der Waals surface area contributed by atoms with Crippen molar-refractivity contribution in [3.63, 3.8) is 0 Å². The van der Waals surface area contributed by atoms with Crippen molar-refractivity contribution in [2.24, 2.45) is 0 Å². The van der Waals surface area contributed by atoms with Gasteiger partial charge in [-0.05, 0) is 47.5 Å². The Morgan fingerprint density at radius 2 is 1.88 bits per heavy atom. The summed E-state index contributed by atoms with van der Waals surface area (Å²) in [4.78, 5) is 31.4. The van der Waals surface area contributed by atoms with Crippen LogP contribution in [0.4, 0.5) is 4.39 Å². The maximum absolute atomic E-state index is 13.6. The molecular weight excluding hydrogens is 415 g/mol. The summed E-state index contributed by atoms with van der Waals surface area (Å²) in [5.41, 5.74) is 1.44. The Balaban J connectivity index is 1.64. The van der Waals surface area contributed by atoms with Gasteiger partial charge in [0.05, 0.1) is 11.6 Å². The third-order valence-corrected chi connectivity index (χ3v) is 5.45. The van der Waals surface area contributed by atoms with Crippen LogP contribution in [0.15, 0.2) is 72.6 Å². The van der Waals surface area contributed by atoms with Gasteiger partial charge in [-0.15, -0.1) is 0 Å². The monoisotopic (exact) mass is 432 g/mol.